The third kappa shape index (κ3) is 7.31. The van der Waals surface area contributed by atoms with Crippen LogP contribution in [0.1, 0.15) is 63.8 Å². The number of fused-ring (bicyclic) bond motifs is 1. The topological polar surface area (TPSA) is 122 Å². The van der Waals surface area contributed by atoms with Gasteiger partial charge in [0.2, 0.25) is 0 Å². The van der Waals surface area contributed by atoms with E-state index in [0.717, 1.165) is 36.1 Å². The lowest BCUT2D eigenvalue weighted by Gasteiger charge is -2.29. The monoisotopic (exact) mass is 433 g/mol. The molecule has 1 unspecified atom stereocenters. The van der Waals surface area contributed by atoms with Crippen LogP contribution in [0.25, 0.3) is 0 Å². The third-order valence-electron chi connectivity index (χ3n) is 5.08. The summed E-state index contributed by atoms with van der Waals surface area (Å²) in [7, 11) is 0. The quantitative estimate of drug-likeness (QED) is 0.236. The maximum Gasteiger partial charge on any atom is 0.157 e. The molecule has 0 aromatic heterocycles. The van der Waals surface area contributed by atoms with E-state index >= 15 is 0 Å². The lowest BCUT2D eigenvalue weighted by atomic mass is 9.84. The Morgan fingerprint density at radius 1 is 0.903 bits per heavy atom. The highest BCUT2D eigenvalue weighted by Gasteiger charge is 2.26. The van der Waals surface area contributed by atoms with Crippen LogP contribution in [0.2, 0.25) is 0 Å². The number of phenolic OH excluding ortho intramolecular Hbond substituents is 4. The third-order valence-corrected chi connectivity index (χ3v) is 5.08. The molecule has 0 fully saturated rings. The second-order valence-electron chi connectivity index (χ2n) is 9.91. The summed E-state index contributed by atoms with van der Waals surface area (Å²) in [5.41, 5.74) is 2.62. The molecule has 0 amide bonds. The molecule has 31 heavy (non-hydrogen) atoms. The zero-order chi connectivity index (χ0) is 23.4. The van der Waals surface area contributed by atoms with Crippen molar-refractivity contribution in [2.24, 2.45) is 5.41 Å². The lowest BCUT2D eigenvalue weighted by molar-refractivity contribution is -0.318. The molecule has 0 saturated heterocycles. The van der Waals surface area contributed by atoms with Crippen molar-refractivity contribution in [3.05, 3.63) is 47.0 Å². The van der Waals surface area contributed by atoms with Gasteiger partial charge in [0.05, 0.1) is 5.60 Å². The predicted molar refractivity (Wildman–Crippen MR) is 120 cm³/mol. The lowest BCUT2D eigenvalue weighted by Crippen LogP contribution is -2.31. The zero-order valence-electron chi connectivity index (χ0n) is 18.9. The van der Waals surface area contributed by atoms with Crippen molar-refractivity contribution in [1.82, 2.24) is 5.32 Å². The minimum atomic E-state index is -0.418. The number of aromatic hydroxyl groups is 4. The van der Waals surface area contributed by atoms with E-state index in [-0.39, 0.29) is 34.5 Å². The Kier molecular flexibility index (Phi) is 7.81. The van der Waals surface area contributed by atoms with Crippen LogP contribution in [0.3, 0.4) is 0 Å². The van der Waals surface area contributed by atoms with E-state index in [4.69, 9.17) is 5.26 Å². The Hall–Kier alpha value is -2.48. The van der Waals surface area contributed by atoms with Crippen LogP contribution in [-0.4, -0.2) is 37.8 Å². The molecular formula is C24H35NO6. The first-order valence-electron chi connectivity index (χ1n) is 10.4. The predicted octanol–water partition coefficient (Wildman–Crippen LogP) is 4.63. The van der Waals surface area contributed by atoms with Gasteiger partial charge in [0, 0.05) is 6.04 Å². The van der Waals surface area contributed by atoms with Gasteiger partial charge in [-0.05, 0) is 86.0 Å². The van der Waals surface area contributed by atoms with Gasteiger partial charge in [-0.3, -0.25) is 5.26 Å². The maximum absolute atomic E-state index is 9.69. The van der Waals surface area contributed by atoms with E-state index in [9.17, 15) is 20.4 Å². The Labute approximate surface area is 183 Å². The molecule has 2 aromatic rings. The first-order chi connectivity index (χ1) is 14.3. The summed E-state index contributed by atoms with van der Waals surface area (Å²) in [6.07, 6.45) is 2.25. The number of benzene rings is 2. The zero-order valence-corrected chi connectivity index (χ0v) is 18.9. The normalized spacial score (nSPS) is 16.3. The molecular weight excluding hydrogens is 398 g/mol. The molecule has 0 bridgehead atoms. The van der Waals surface area contributed by atoms with Gasteiger partial charge in [-0.1, -0.05) is 26.8 Å². The van der Waals surface area contributed by atoms with Gasteiger partial charge in [-0.25, -0.2) is 4.89 Å². The van der Waals surface area contributed by atoms with Crippen molar-refractivity contribution in [3.8, 4) is 23.0 Å². The summed E-state index contributed by atoms with van der Waals surface area (Å²) < 4.78 is 0. The summed E-state index contributed by atoms with van der Waals surface area (Å²) >= 11 is 0. The van der Waals surface area contributed by atoms with Gasteiger partial charge >= 0.3 is 0 Å². The van der Waals surface area contributed by atoms with E-state index in [0.29, 0.717) is 6.42 Å². The second kappa shape index (κ2) is 9.77. The van der Waals surface area contributed by atoms with E-state index in [1.165, 1.54) is 12.1 Å². The molecule has 3 rings (SSSR count). The number of rotatable bonds is 4. The van der Waals surface area contributed by atoms with Gasteiger partial charge < -0.3 is 25.7 Å². The molecule has 0 aliphatic carbocycles. The van der Waals surface area contributed by atoms with Gasteiger partial charge in [-0.2, -0.15) is 0 Å². The largest absolute Gasteiger partial charge is 0.504 e. The standard InChI is InChI=1S/C16H17NO4.C8H18O2/c18-13-2-1-9(6-14(13)19)5-12-11-8-16(21)15(20)7-10(11)3-4-17-12;1-7(2,3)6-8(4,5)10-9/h1-2,6-8,12,17-21H,3-5H2;9H,6H2,1-5H3. The highest BCUT2D eigenvalue weighted by atomic mass is 17.1. The summed E-state index contributed by atoms with van der Waals surface area (Å²) in [5, 5.41) is 50.0. The first kappa shape index (κ1) is 24.8. The van der Waals surface area contributed by atoms with Crippen LogP contribution in [-0.2, 0) is 17.7 Å². The average molecular weight is 434 g/mol. The van der Waals surface area contributed by atoms with Crippen LogP contribution in [0.4, 0.5) is 0 Å². The van der Waals surface area contributed by atoms with Crippen molar-refractivity contribution in [2.75, 3.05) is 6.54 Å². The highest BCUT2D eigenvalue weighted by Crippen LogP contribution is 2.35. The maximum atomic E-state index is 9.69. The summed E-state index contributed by atoms with van der Waals surface area (Å²) in [6.45, 7) is 10.9. The molecule has 7 heteroatoms. The Morgan fingerprint density at radius 3 is 2.06 bits per heavy atom. The van der Waals surface area contributed by atoms with Crippen LogP contribution < -0.4 is 5.32 Å². The van der Waals surface area contributed by atoms with E-state index < -0.39 is 5.60 Å². The van der Waals surface area contributed by atoms with Gasteiger partial charge in [0.25, 0.3) is 0 Å². The first-order valence-corrected chi connectivity index (χ1v) is 10.4. The van der Waals surface area contributed by atoms with Crippen molar-refractivity contribution >= 4 is 0 Å². The van der Waals surface area contributed by atoms with Crippen LogP contribution in [0.5, 0.6) is 23.0 Å². The molecule has 0 radical (unpaired) electrons. The van der Waals surface area contributed by atoms with E-state index in [1.807, 2.05) is 13.8 Å². The van der Waals surface area contributed by atoms with Gasteiger partial charge in [0.15, 0.2) is 23.0 Å². The van der Waals surface area contributed by atoms with E-state index in [1.54, 1.807) is 18.2 Å². The van der Waals surface area contributed by atoms with Crippen LogP contribution >= 0.6 is 0 Å². The molecule has 0 spiro atoms. The number of phenols is 4. The van der Waals surface area contributed by atoms with E-state index in [2.05, 4.69) is 31.0 Å². The van der Waals surface area contributed by atoms with Crippen molar-refractivity contribution in [3.63, 3.8) is 0 Å². The number of hydrogen-bond donors (Lipinski definition) is 6. The molecule has 0 saturated carbocycles. The van der Waals surface area contributed by atoms with Crippen molar-refractivity contribution in [2.45, 2.75) is 65.5 Å². The molecule has 1 aliphatic rings. The Morgan fingerprint density at radius 2 is 1.52 bits per heavy atom. The molecule has 1 heterocycles. The van der Waals surface area contributed by atoms with Crippen molar-refractivity contribution < 1.29 is 30.6 Å². The number of nitrogens with one attached hydrogen (secondary N) is 1. The second-order valence-corrected chi connectivity index (χ2v) is 9.91. The highest BCUT2D eigenvalue weighted by molar-refractivity contribution is 5.48. The number of hydrogen-bond acceptors (Lipinski definition) is 7. The Balaban J connectivity index is 0.000000291. The average Bonchev–Trinajstić information content (AvgIpc) is 2.65. The SMILES string of the molecule is CC(C)(C)CC(C)(C)OO.Oc1ccc(CC2NCCc3cc(O)c(O)cc32)cc1O. The minimum absolute atomic E-state index is 0.0100. The smallest absolute Gasteiger partial charge is 0.157 e. The fourth-order valence-electron chi connectivity index (χ4n) is 4.09. The molecule has 1 atom stereocenters. The summed E-state index contributed by atoms with van der Waals surface area (Å²) in [5.74, 6) is -0.511. The molecule has 172 valence electrons. The Bertz CT molecular complexity index is 888. The van der Waals surface area contributed by atoms with Gasteiger partial charge in [0.1, 0.15) is 0 Å². The molecule has 6 N–H and O–H groups in total. The minimum Gasteiger partial charge on any atom is -0.504 e. The van der Waals surface area contributed by atoms with Gasteiger partial charge in [-0.15, -0.1) is 0 Å². The molecule has 2 aromatic carbocycles. The van der Waals surface area contributed by atoms with Crippen LogP contribution in [0, 0.1) is 5.41 Å². The summed E-state index contributed by atoms with van der Waals surface area (Å²) in [6, 6.07) is 7.93. The summed E-state index contributed by atoms with van der Waals surface area (Å²) in [4.78, 5) is 4.31. The van der Waals surface area contributed by atoms with Crippen molar-refractivity contribution in [1.29, 1.82) is 0 Å². The van der Waals surface area contributed by atoms with Crippen LogP contribution in [0.15, 0.2) is 30.3 Å². The molecule has 1 aliphatic heterocycles. The molecule has 7 nitrogen and oxygen atoms in total. The fourth-order valence-corrected chi connectivity index (χ4v) is 4.09. The fraction of sp³-hybridized carbons (Fsp3) is 0.500.